The molecule has 4 rings (SSSR count). The number of nitrogens with zero attached hydrogens (tertiary/aromatic N) is 4. The number of carbonyl (C=O) groups excluding carboxylic acids is 1. The van der Waals surface area contributed by atoms with Crippen molar-refractivity contribution in [2.24, 2.45) is 19.5 Å². The third kappa shape index (κ3) is 3.49. The molecule has 2 aliphatic carbocycles. The molecule has 8 heteroatoms. The molecular weight excluding hydrogens is 408 g/mol. The Balaban J connectivity index is 1.72. The van der Waals surface area contributed by atoms with Gasteiger partial charge in [0.15, 0.2) is 0 Å². The van der Waals surface area contributed by atoms with Crippen molar-refractivity contribution in [1.29, 1.82) is 0 Å². The van der Waals surface area contributed by atoms with Crippen LogP contribution in [0.2, 0.25) is 0 Å². The van der Waals surface area contributed by atoms with E-state index >= 15 is 0 Å². The van der Waals surface area contributed by atoms with Gasteiger partial charge in [-0.15, -0.1) is 0 Å². The molecule has 0 N–H and O–H groups in total. The van der Waals surface area contributed by atoms with Crippen LogP contribution in [0.4, 0.5) is 0 Å². The molecule has 2 aliphatic rings. The Morgan fingerprint density at radius 1 is 1.16 bits per heavy atom. The van der Waals surface area contributed by atoms with Gasteiger partial charge in [0.1, 0.15) is 11.3 Å². The van der Waals surface area contributed by atoms with Gasteiger partial charge in [-0.2, -0.15) is 0 Å². The highest BCUT2D eigenvalue weighted by molar-refractivity contribution is 5.94. The highest BCUT2D eigenvalue weighted by atomic mass is 16.5. The van der Waals surface area contributed by atoms with Gasteiger partial charge in [-0.1, -0.05) is 26.2 Å². The van der Waals surface area contributed by atoms with Crippen molar-refractivity contribution >= 4 is 16.9 Å². The Bertz CT molecular complexity index is 1130. The molecule has 2 heterocycles. The number of pyridine rings is 1. The van der Waals surface area contributed by atoms with Gasteiger partial charge in [-0.3, -0.25) is 18.7 Å². The highest BCUT2D eigenvalue weighted by Crippen LogP contribution is 2.55. The second-order valence-corrected chi connectivity index (χ2v) is 9.26. The fourth-order valence-electron chi connectivity index (χ4n) is 5.82. The second-order valence-electron chi connectivity index (χ2n) is 9.26. The summed E-state index contributed by atoms with van der Waals surface area (Å²) in [6.45, 7) is 5.45. The molecule has 8 nitrogen and oxygen atoms in total. The van der Waals surface area contributed by atoms with Crippen LogP contribution >= 0.6 is 0 Å². The first-order chi connectivity index (χ1) is 15.4. The van der Waals surface area contributed by atoms with Crippen LogP contribution in [0.25, 0.3) is 11.0 Å². The van der Waals surface area contributed by atoms with Crippen molar-refractivity contribution in [2.75, 3.05) is 13.2 Å². The third-order valence-electron chi connectivity index (χ3n) is 7.52. The maximum absolute atomic E-state index is 13.7. The van der Waals surface area contributed by atoms with E-state index in [1.807, 2.05) is 11.8 Å². The number of aryl methyl sites for hydroxylation is 1. The number of rotatable bonds is 6. The monoisotopic (exact) mass is 442 g/mol. The van der Waals surface area contributed by atoms with Gasteiger partial charge in [-0.25, -0.2) is 9.78 Å². The number of hydrogen-bond donors (Lipinski definition) is 0. The van der Waals surface area contributed by atoms with Gasteiger partial charge in [0.2, 0.25) is 0 Å². The number of amides is 1. The van der Waals surface area contributed by atoms with E-state index in [0.29, 0.717) is 18.5 Å². The van der Waals surface area contributed by atoms with Crippen molar-refractivity contribution in [1.82, 2.24) is 19.0 Å². The third-order valence-corrected chi connectivity index (χ3v) is 7.52. The van der Waals surface area contributed by atoms with Gasteiger partial charge >= 0.3 is 5.69 Å². The summed E-state index contributed by atoms with van der Waals surface area (Å²) in [5.74, 6) is -0.133. The molecule has 0 aliphatic heterocycles. The van der Waals surface area contributed by atoms with Crippen LogP contribution in [-0.4, -0.2) is 50.2 Å². The van der Waals surface area contributed by atoms with Crippen LogP contribution < -0.4 is 11.2 Å². The van der Waals surface area contributed by atoms with E-state index in [0.717, 1.165) is 30.3 Å². The van der Waals surface area contributed by atoms with Crippen molar-refractivity contribution in [3.05, 3.63) is 38.7 Å². The molecule has 1 spiro atoms. The van der Waals surface area contributed by atoms with Crippen LogP contribution in [0.1, 0.15) is 69.3 Å². The lowest BCUT2D eigenvalue weighted by molar-refractivity contribution is -0.174. The average Bonchev–Trinajstić information content (AvgIpc) is 2.82. The summed E-state index contributed by atoms with van der Waals surface area (Å²) in [5.41, 5.74) is -0.309. The van der Waals surface area contributed by atoms with E-state index < -0.39 is 11.2 Å². The standard InChI is InChI=1S/C24H34N4O4/c1-5-14-28(18-15-19(32-6-2)24(18)12-8-7-9-13-24)22(30)17-11-10-16-20(25-17)26(3)23(31)27(4)21(16)29/h10-11,18-19H,5-9,12-15H2,1-4H3/t18-,19+/m0/s1. The smallest absolute Gasteiger partial charge is 0.332 e. The minimum absolute atomic E-state index is 0.0265. The fraction of sp³-hybridized carbons (Fsp3) is 0.667. The van der Waals surface area contributed by atoms with Crippen molar-refractivity contribution in [3.8, 4) is 0 Å². The SMILES string of the molecule is CCCN(C(=O)c1ccc2c(=O)n(C)c(=O)n(C)c2n1)[C@H]1C[C@@H](OCC)C12CCCCC2. The van der Waals surface area contributed by atoms with Crippen LogP contribution in [0.3, 0.4) is 0 Å². The molecule has 0 bridgehead atoms. The van der Waals surface area contributed by atoms with Gasteiger partial charge in [0, 0.05) is 38.7 Å². The van der Waals surface area contributed by atoms with E-state index in [9.17, 15) is 14.4 Å². The molecular formula is C24H34N4O4. The first-order valence-corrected chi connectivity index (χ1v) is 11.8. The Kier molecular flexibility index (Phi) is 6.25. The first-order valence-electron chi connectivity index (χ1n) is 11.8. The second kappa shape index (κ2) is 8.81. The number of fused-ring (bicyclic) bond motifs is 1. The molecule has 0 unspecified atom stereocenters. The van der Waals surface area contributed by atoms with E-state index in [4.69, 9.17) is 4.74 Å². The van der Waals surface area contributed by atoms with Gasteiger partial charge < -0.3 is 9.64 Å². The number of ether oxygens (including phenoxy) is 1. The lowest BCUT2D eigenvalue weighted by Gasteiger charge is -2.60. The van der Waals surface area contributed by atoms with Gasteiger partial charge in [0.05, 0.1) is 11.5 Å². The summed E-state index contributed by atoms with van der Waals surface area (Å²) in [4.78, 5) is 45.0. The Morgan fingerprint density at radius 3 is 2.53 bits per heavy atom. The zero-order valence-electron chi connectivity index (χ0n) is 19.6. The van der Waals surface area contributed by atoms with Crippen molar-refractivity contribution in [3.63, 3.8) is 0 Å². The van der Waals surface area contributed by atoms with E-state index in [1.165, 1.54) is 30.9 Å². The summed E-state index contributed by atoms with van der Waals surface area (Å²) in [6, 6.07) is 3.37. The normalized spacial score (nSPS) is 22.1. The summed E-state index contributed by atoms with van der Waals surface area (Å²) in [5, 5.41) is 0.331. The Labute approximate surface area is 188 Å². The molecule has 0 aromatic carbocycles. The lowest BCUT2D eigenvalue weighted by Crippen LogP contribution is -2.66. The fourth-order valence-corrected chi connectivity index (χ4v) is 5.82. The summed E-state index contributed by atoms with van der Waals surface area (Å²) < 4.78 is 8.48. The molecule has 1 amide bonds. The molecule has 2 fully saturated rings. The van der Waals surface area contributed by atoms with E-state index in [-0.39, 0.29) is 34.8 Å². The van der Waals surface area contributed by atoms with E-state index in [1.54, 1.807) is 19.2 Å². The van der Waals surface area contributed by atoms with Crippen molar-refractivity contribution < 1.29 is 9.53 Å². The topological polar surface area (TPSA) is 86.4 Å². The molecule has 2 saturated carbocycles. The number of carbonyl (C=O) groups is 1. The molecule has 2 aromatic rings. The predicted molar refractivity (Wildman–Crippen MR) is 123 cm³/mol. The maximum Gasteiger partial charge on any atom is 0.332 e. The van der Waals surface area contributed by atoms with Crippen LogP contribution in [0, 0.1) is 5.41 Å². The predicted octanol–water partition coefficient (Wildman–Crippen LogP) is 2.61. The van der Waals surface area contributed by atoms with Gasteiger partial charge in [-0.05, 0) is 44.7 Å². The molecule has 174 valence electrons. The first kappa shape index (κ1) is 22.7. The minimum Gasteiger partial charge on any atom is -0.378 e. The summed E-state index contributed by atoms with van der Waals surface area (Å²) in [6.07, 6.45) is 7.68. The molecule has 0 saturated heterocycles. The lowest BCUT2D eigenvalue weighted by atomic mass is 9.54. The molecule has 2 atom stereocenters. The Hall–Kier alpha value is -2.48. The average molecular weight is 443 g/mol. The minimum atomic E-state index is -0.454. The maximum atomic E-state index is 13.7. The van der Waals surface area contributed by atoms with E-state index in [2.05, 4.69) is 11.9 Å². The summed E-state index contributed by atoms with van der Waals surface area (Å²) in [7, 11) is 3.02. The summed E-state index contributed by atoms with van der Waals surface area (Å²) >= 11 is 0. The Morgan fingerprint density at radius 2 is 1.88 bits per heavy atom. The number of aromatic nitrogens is 3. The largest absolute Gasteiger partial charge is 0.378 e. The van der Waals surface area contributed by atoms with Crippen LogP contribution in [0.15, 0.2) is 21.7 Å². The quantitative estimate of drug-likeness (QED) is 0.686. The van der Waals surface area contributed by atoms with Gasteiger partial charge in [0.25, 0.3) is 11.5 Å². The zero-order chi connectivity index (χ0) is 23.0. The molecule has 0 radical (unpaired) electrons. The number of hydrogen-bond acceptors (Lipinski definition) is 5. The molecule has 32 heavy (non-hydrogen) atoms. The van der Waals surface area contributed by atoms with Crippen LogP contribution in [-0.2, 0) is 18.8 Å². The zero-order valence-corrected chi connectivity index (χ0v) is 19.6. The highest BCUT2D eigenvalue weighted by Gasteiger charge is 2.58. The molecule has 2 aromatic heterocycles. The van der Waals surface area contributed by atoms with Crippen molar-refractivity contribution in [2.45, 2.75) is 70.9 Å². The van der Waals surface area contributed by atoms with Crippen LogP contribution in [0.5, 0.6) is 0 Å².